The number of nitrogens with zero attached hydrogens (tertiary/aromatic N) is 3. The van der Waals surface area contributed by atoms with Crippen molar-refractivity contribution in [1.29, 1.82) is 0 Å². The van der Waals surface area contributed by atoms with E-state index in [2.05, 4.69) is 26.0 Å². The molecule has 0 unspecified atom stereocenters. The van der Waals surface area contributed by atoms with Gasteiger partial charge in [-0.2, -0.15) is 5.10 Å². The molecule has 0 atom stereocenters. The third kappa shape index (κ3) is 3.30. The molecule has 0 aliphatic rings. The molecule has 0 spiro atoms. The molecule has 0 radical (unpaired) electrons. The third-order valence-electron chi connectivity index (χ3n) is 4.65. The van der Waals surface area contributed by atoms with E-state index >= 15 is 0 Å². The van der Waals surface area contributed by atoms with Crippen molar-refractivity contribution in [2.24, 2.45) is 0 Å². The molecule has 2 heterocycles. The second kappa shape index (κ2) is 7.08. The van der Waals surface area contributed by atoms with Crippen LogP contribution in [0.1, 0.15) is 27.4 Å². The van der Waals surface area contributed by atoms with Crippen molar-refractivity contribution in [2.75, 3.05) is 0 Å². The molecule has 4 rings (SSSR count). The lowest BCUT2D eigenvalue weighted by molar-refractivity contribution is 0.0991. The van der Waals surface area contributed by atoms with Crippen molar-refractivity contribution in [2.45, 2.75) is 20.3 Å². The standard InChI is InChI=1S/C22H18BrN3O/c1-14-22(15(2)26(25-14)20-10-6-4-8-18(20)23)21(27)13-17-12-11-16-7-3-5-9-19(16)24-17/h3-12H,13H2,1-2H3. The number of aromatic nitrogens is 3. The van der Waals surface area contributed by atoms with Crippen LogP contribution in [-0.4, -0.2) is 20.5 Å². The quantitative estimate of drug-likeness (QED) is 0.425. The zero-order valence-corrected chi connectivity index (χ0v) is 16.7. The van der Waals surface area contributed by atoms with Gasteiger partial charge >= 0.3 is 0 Å². The van der Waals surface area contributed by atoms with Gasteiger partial charge in [0.2, 0.25) is 0 Å². The minimum atomic E-state index is 0.0334. The highest BCUT2D eigenvalue weighted by molar-refractivity contribution is 9.10. The Labute approximate surface area is 166 Å². The molecule has 4 nitrogen and oxygen atoms in total. The summed E-state index contributed by atoms with van der Waals surface area (Å²) >= 11 is 3.56. The van der Waals surface area contributed by atoms with Gasteiger partial charge in [-0.05, 0) is 54.0 Å². The number of Topliss-reactive ketones (excluding diaryl/α,β-unsaturated/α-hetero) is 1. The number of hydrogen-bond acceptors (Lipinski definition) is 3. The number of benzene rings is 2. The minimum Gasteiger partial charge on any atom is -0.294 e. The SMILES string of the molecule is Cc1nn(-c2ccccc2Br)c(C)c1C(=O)Cc1ccc2ccccc2n1. The Balaban J connectivity index is 1.68. The molecule has 134 valence electrons. The number of ketones is 1. The summed E-state index contributed by atoms with van der Waals surface area (Å²) in [7, 11) is 0. The van der Waals surface area contributed by atoms with Crippen LogP contribution < -0.4 is 0 Å². The highest BCUT2D eigenvalue weighted by atomic mass is 79.9. The van der Waals surface area contributed by atoms with Crippen molar-refractivity contribution < 1.29 is 4.79 Å². The Morgan fingerprint density at radius 1 is 1.00 bits per heavy atom. The van der Waals surface area contributed by atoms with Crippen LogP contribution >= 0.6 is 15.9 Å². The van der Waals surface area contributed by atoms with Gasteiger partial charge in [0.15, 0.2) is 5.78 Å². The van der Waals surface area contributed by atoms with Gasteiger partial charge in [-0.15, -0.1) is 0 Å². The van der Waals surface area contributed by atoms with E-state index in [9.17, 15) is 4.79 Å². The van der Waals surface area contributed by atoms with Gasteiger partial charge in [0.05, 0.1) is 34.6 Å². The van der Waals surface area contributed by atoms with Gasteiger partial charge in [0, 0.05) is 15.6 Å². The number of carbonyl (C=O) groups excluding carboxylic acids is 1. The van der Waals surface area contributed by atoms with Crippen molar-refractivity contribution in [3.8, 4) is 5.69 Å². The molecule has 0 bridgehead atoms. The van der Waals surface area contributed by atoms with Gasteiger partial charge in [-0.1, -0.05) is 36.4 Å². The smallest absolute Gasteiger partial charge is 0.172 e. The number of carbonyl (C=O) groups is 1. The first-order chi connectivity index (χ1) is 13.0. The van der Waals surface area contributed by atoms with E-state index in [1.807, 2.05) is 79.2 Å². The summed E-state index contributed by atoms with van der Waals surface area (Å²) in [6.45, 7) is 3.81. The molecule has 0 aliphatic carbocycles. The maximum atomic E-state index is 13.0. The van der Waals surface area contributed by atoms with E-state index in [1.54, 1.807) is 0 Å². The lowest BCUT2D eigenvalue weighted by Crippen LogP contribution is -2.08. The molecule has 0 saturated heterocycles. The number of hydrogen-bond donors (Lipinski definition) is 0. The van der Waals surface area contributed by atoms with Crippen molar-refractivity contribution in [3.63, 3.8) is 0 Å². The Morgan fingerprint density at radius 3 is 2.56 bits per heavy atom. The maximum Gasteiger partial charge on any atom is 0.172 e. The van der Waals surface area contributed by atoms with E-state index in [0.717, 1.165) is 38.1 Å². The van der Waals surface area contributed by atoms with Gasteiger partial charge in [0.25, 0.3) is 0 Å². The molecule has 5 heteroatoms. The fourth-order valence-corrected chi connectivity index (χ4v) is 3.82. The molecular formula is C22H18BrN3O. The first kappa shape index (κ1) is 17.6. The first-order valence-corrected chi connectivity index (χ1v) is 9.53. The summed E-state index contributed by atoms with van der Waals surface area (Å²) in [6, 6.07) is 19.7. The van der Waals surface area contributed by atoms with Crippen LogP contribution in [-0.2, 0) is 6.42 Å². The van der Waals surface area contributed by atoms with E-state index in [4.69, 9.17) is 0 Å². The average Bonchev–Trinajstić information content (AvgIpc) is 2.96. The zero-order valence-electron chi connectivity index (χ0n) is 15.1. The zero-order chi connectivity index (χ0) is 19.0. The first-order valence-electron chi connectivity index (χ1n) is 8.73. The van der Waals surface area contributed by atoms with Gasteiger partial charge < -0.3 is 0 Å². The average molecular weight is 420 g/mol. The van der Waals surface area contributed by atoms with Gasteiger partial charge in [-0.3, -0.25) is 9.78 Å². The van der Waals surface area contributed by atoms with E-state index in [0.29, 0.717) is 5.56 Å². The predicted molar refractivity (Wildman–Crippen MR) is 111 cm³/mol. The van der Waals surface area contributed by atoms with Crippen LogP contribution in [0.5, 0.6) is 0 Å². The summed E-state index contributed by atoms with van der Waals surface area (Å²) in [5, 5.41) is 5.67. The van der Waals surface area contributed by atoms with E-state index < -0.39 is 0 Å². The predicted octanol–water partition coefficient (Wildman–Crippen LogP) is 5.23. The monoisotopic (exact) mass is 419 g/mol. The van der Waals surface area contributed by atoms with Crippen LogP contribution in [0.4, 0.5) is 0 Å². The second-order valence-electron chi connectivity index (χ2n) is 6.50. The molecule has 0 aliphatic heterocycles. The lowest BCUT2D eigenvalue weighted by atomic mass is 10.0. The van der Waals surface area contributed by atoms with Crippen molar-refractivity contribution >= 4 is 32.6 Å². The molecule has 0 N–H and O–H groups in total. The summed E-state index contributed by atoms with van der Waals surface area (Å²) in [5.74, 6) is 0.0334. The topological polar surface area (TPSA) is 47.8 Å². The van der Waals surface area contributed by atoms with E-state index in [1.165, 1.54) is 0 Å². The number of rotatable bonds is 4. The molecular weight excluding hydrogens is 402 g/mol. The minimum absolute atomic E-state index is 0.0334. The molecule has 2 aromatic heterocycles. The fraction of sp³-hybridized carbons (Fsp3) is 0.136. The van der Waals surface area contributed by atoms with Crippen LogP contribution in [0.3, 0.4) is 0 Å². The Kier molecular flexibility index (Phi) is 4.62. The highest BCUT2D eigenvalue weighted by Crippen LogP contribution is 2.25. The molecule has 27 heavy (non-hydrogen) atoms. The number of fused-ring (bicyclic) bond motifs is 1. The second-order valence-corrected chi connectivity index (χ2v) is 7.36. The Hall–Kier alpha value is -2.79. The summed E-state index contributed by atoms with van der Waals surface area (Å²) in [6.07, 6.45) is 0.258. The summed E-state index contributed by atoms with van der Waals surface area (Å²) in [5.41, 5.74) is 4.83. The number of aryl methyl sites for hydroxylation is 1. The lowest BCUT2D eigenvalue weighted by Gasteiger charge is -2.07. The van der Waals surface area contributed by atoms with Crippen LogP contribution in [0.25, 0.3) is 16.6 Å². The largest absolute Gasteiger partial charge is 0.294 e. The van der Waals surface area contributed by atoms with Crippen molar-refractivity contribution in [3.05, 3.63) is 87.8 Å². The highest BCUT2D eigenvalue weighted by Gasteiger charge is 2.20. The molecule has 0 amide bonds. The van der Waals surface area contributed by atoms with Gasteiger partial charge in [0.1, 0.15) is 0 Å². The van der Waals surface area contributed by atoms with Crippen LogP contribution in [0, 0.1) is 13.8 Å². The number of para-hydroxylation sites is 2. The maximum absolute atomic E-state index is 13.0. The molecule has 0 fully saturated rings. The fourth-order valence-electron chi connectivity index (χ4n) is 3.36. The van der Waals surface area contributed by atoms with Gasteiger partial charge in [-0.25, -0.2) is 4.68 Å². The van der Waals surface area contributed by atoms with Crippen molar-refractivity contribution in [1.82, 2.24) is 14.8 Å². The number of halogens is 1. The Bertz CT molecular complexity index is 1160. The molecule has 2 aromatic carbocycles. The van der Waals surface area contributed by atoms with Crippen LogP contribution in [0.15, 0.2) is 65.1 Å². The summed E-state index contributed by atoms with van der Waals surface area (Å²) < 4.78 is 2.76. The third-order valence-corrected chi connectivity index (χ3v) is 5.32. The summed E-state index contributed by atoms with van der Waals surface area (Å²) in [4.78, 5) is 17.6. The Morgan fingerprint density at radius 2 is 1.74 bits per heavy atom. The number of pyridine rings is 1. The molecule has 0 saturated carbocycles. The van der Waals surface area contributed by atoms with E-state index in [-0.39, 0.29) is 12.2 Å². The van der Waals surface area contributed by atoms with Crippen LogP contribution in [0.2, 0.25) is 0 Å². The molecule has 4 aromatic rings. The normalized spacial score (nSPS) is 11.1.